The zero-order valence-corrected chi connectivity index (χ0v) is 17.3. The Hall–Kier alpha value is -3.12. The molecule has 8 nitrogen and oxygen atoms in total. The van der Waals surface area contributed by atoms with E-state index >= 15 is 0 Å². The van der Waals surface area contributed by atoms with Crippen molar-refractivity contribution in [2.45, 2.75) is 43.8 Å². The van der Waals surface area contributed by atoms with Crippen LogP contribution in [0.5, 0.6) is 0 Å². The standard InChI is InChI=1S/C21H22N6O2S/c22-11-7-12-23-17(28)14-30-21-24-19-18(16-10-5-2-6-13-26(16)21)20(29)27(25-19)15-8-3-1-4-9-15/h1,3-4,8-9H,2,5-7,10,12-14H2,(H,23,28). The number of nitriles is 1. The zero-order valence-electron chi connectivity index (χ0n) is 16.5. The van der Waals surface area contributed by atoms with Crippen molar-refractivity contribution in [1.29, 1.82) is 5.26 Å². The SMILES string of the molecule is N#CCCNC(=O)CSc1nc2nn(-c3ccccc3)c(=O)c-2c2n1CCCCC2. The molecular weight excluding hydrogens is 400 g/mol. The Morgan fingerprint density at radius 3 is 2.87 bits per heavy atom. The van der Waals surface area contributed by atoms with E-state index in [0.717, 1.165) is 37.9 Å². The monoisotopic (exact) mass is 422 g/mol. The van der Waals surface area contributed by atoms with E-state index in [1.807, 2.05) is 36.4 Å². The van der Waals surface area contributed by atoms with Crippen LogP contribution in [0.3, 0.4) is 0 Å². The van der Waals surface area contributed by atoms with Crippen LogP contribution in [0.2, 0.25) is 0 Å². The largest absolute Gasteiger partial charge is 0.354 e. The molecular formula is C21H22N6O2S. The van der Waals surface area contributed by atoms with Crippen LogP contribution < -0.4 is 10.9 Å². The Morgan fingerprint density at radius 2 is 2.07 bits per heavy atom. The Kier molecular flexibility index (Phi) is 6.14. The summed E-state index contributed by atoms with van der Waals surface area (Å²) in [5.41, 5.74) is 2.08. The number of aromatic nitrogens is 4. The molecule has 154 valence electrons. The lowest BCUT2D eigenvalue weighted by atomic mass is 10.1. The van der Waals surface area contributed by atoms with Crippen molar-refractivity contribution in [2.75, 3.05) is 12.3 Å². The number of carbonyl (C=O) groups is 1. The second-order valence-corrected chi connectivity index (χ2v) is 8.04. The first kappa shape index (κ1) is 20.2. The maximum absolute atomic E-state index is 13.2. The van der Waals surface area contributed by atoms with Crippen LogP contribution >= 0.6 is 11.8 Å². The van der Waals surface area contributed by atoms with Gasteiger partial charge in [0.2, 0.25) is 5.91 Å². The summed E-state index contributed by atoms with van der Waals surface area (Å²) in [7, 11) is 0. The normalized spacial score (nSPS) is 13.4. The molecule has 0 saturated carbocycles. The van der Waals surface area contributed by atoms with Crippen LogP contribution in [-0.4, -0.2) is 37.5 Å². The molecule has 0 fully saturated rings. The summed E-state index contributed by atoms with van der Waals surface area (Å²) in [5.74, 6) is 0.483. The molecule has 1 amide bonds. The number of hydrogen-bond acceptors (Lipinski definition) is 6. The number of nitrogens with zero attached hydrogens (tertiary/aromatic N) is 5. The van der Waals surface area contributed by atoms with Crippen LogP contribution in [0, 0.1) is 11.3 Å². The predicted octanol–water partition coefficient (Wildman–Crippen LogP) is 2.38. The fourth-order valence-corrected chi connectivity index (χ4v) is 4.52. The number of carbonyl (C=O) groups excluding carboxylic acids is 1. The zero-order chi connectivity index (χ0) is 20.9. The summed E-state index contributed by atoms with van der Waals surface area (Å²) in [6.07, 6.45) is 4.18. The minimum atomic E-state index is -0.153. The molecule has 3 aliphatic heterocycles. The molecule has 0 unspecified atom stereocenters. The van der Waals surface area contributed by atoms with Crippen LogP contribution in [0.25, 0.3) is 17.1 Å². The lowest BCUT2D eigenvalue weighted by molar-refractivity contribution is -0.118. The first-order valence-electron chi connectivity index (χ1n) is 10.0. The van der Waals surface area contributed by atoms with Crippen molar-refractivity contribution in [1.82, 2.24) is 24.6 Å². The minimum Gasteiger partial charge on any atom is -0.354 e. The maximum Gasteiger partial charge on any atom is 0.284 e. The van der Waals surface area contributed by atoms with Gasteiger partial charge in [0, 0.05) is 18.8 Å². The predicted molar refractivity (Wildman–Crippen MR) is 114 cm³/mol. The number of fused-ring (bicyclic) bond motifs is 3. The Bertz CT molecular complexity index is 1120. The van der Waals surface area contributed by atoms with E-state index in [-0.39, 0.29) is 23.6 Å². The van der Waals surface area contributed by atoms with Gasteiger partial charge in [0.25, 0.3) is 5.56 Å². The molecule has 0 radical (unpaired) electrons. The van der Waals surface area contributed by atoms with Gasteiger partial charge in [-0.1, -0.05) is 36.4 Å². The number of thioether (sulfide) groups is 1. The van der Waals surface area contributed by atoms with Gasteiger partial charge < -0.3 is 9.88 Å². The molecule has 0 saturated heterocycles. The third kappa shape index (κ3) is 4.09. The summed E-state index contributed by atoms with van der Waals surface area (Å²) in [6.45, 7) is 1.11. The van der Waals surface area contributed by atoms with Gasteiger partial charge >= 0.3 is 0 Å². The number of benzene rings is 1. The fourth-order valence-electron chi connectivity index (χ4n) is 3.65. The summed E-state index contributed by atoms with van der Waals surface area (Å²) >= 11 is 1.34. The van der Waals surface area contributed by atoms with E-state index in [2.05, 4.69) is 20.0 Å². The Balaban J connectivity index is 1.72. The summed E-state index contributed by atoms with van der Waals surface area (Å²) in [4.78, 5) is 29.9. The van der Waals surface area contributed by atoms with Crippen molar-refractivity contribution >= 4 is 17.7 Å². The molecule has 0 aliphatic carbocycles. The van der Waals surface area contributed by atoms with Crippen molar-refractivity contribution in [3.63, 3.8) is 0 Å². The average molecular weight is 423 g/mol. The Morgan fingerprint density at radius 1 is 1.23 bits per heavy atom. The second-order valence-electron chi connectivity index (χ2n) is 7.10. The van der Waals surface area contributed by atoms with Gasteiger partial charge in [-0.15, -0.1) is 5.10 Å². The van der Waals surface area contributed by atoms with Gasteiger partial charge in [-0.3, -0.25) is 9.59 Å². The quantitative estimate of drug-likeness (QED) is 0.371. The summed E-state index contributed by atoms with van der Waals surface area (Å²) in [5, 5.41) is 16.5. The number of para-hydroxylation sites is 1. The molecule has 3 aliphatic rings. The molecule has 4 rings (SSSR count). The van der Waals surface area contributed by atoms with Gasteiger partial charge in [-0.2, -0.15) is 9.94 Å². The van der Waals surface area contributed by atoms with E-state index in [4.69, 9.17) is 5.26 Å². The van der Waals surface area contributed by atoms with Crippen LogP contribution in [-0.2, 0) is 17.8 Å². The Labute approximate surface area is 178 Å². The van der Waals surface area contributed by atoms with Crippen LogP contribution in [0.1, 0.15) is 31.4 Å². The summed E-state index contributed by atoms with van der Waals surface area (Å²) < 4.78 is 3.49. The third-order valence-electron chi connectivity index (χ3n) is 5.06. The number of amides is 1. The number of nitrogens with one attached hydrogen (secondary N) is 1. The first-order valence-corrected chi connectivity index (χ1v) is 11.0. The molecule has 0 bridgehead atoms. The highest BCUT2D eigenvalue weighted by atomic mass is 32.2. The molecule has 0 aromatic heterocycles. The highest BCUT2D eigenvalue weighted by molar-refractivity contribution is 7.99. The maximum atomic E-state index is 13.2. The van der Waals surface area contributed by atoms with Gasteiger partial charge in [-0.25, -0.2) is 4.98 Å². The van der Waals surface area contributed by atoms with Gasteiger partial charge in [0.1, 0.15) is 5.56 Å². The highest BCUT2D eigenvalue weighted by Crippen LogP contribution is 2.30. The molecule has 30 heavy (non-hydrogen) atoms. The minimum absolute atomic E-state index is 0.139. The topological polar surface area (TPSA) is 106 Å². The number of rotatable bonds is 6. The molecule has 3 heterocycles. The highest BCUT2D eigenvalue weighted by Gasteiger charge is 2.27. The summed E-state index contributed by atoms with van der Waals surface area (Å²) in [6, 6.07) is 11.3. The molecule has 0 spiro atoms. The fraction of sp³-hybridized carbons (Fsp3) is 0.381. The smallest absolute Gasteiger partial charge is 0.284 e. The molecule has 1 aromatic carbocycles. The van der Waals surface area contributed by atoms with Gasteiger partial charge in [-0.05, 0) is 31.4 Å². The van der Waals surface area contributed by atoms with Crippen molar-refractivity contribution in [3.8, 4) is 23.1 Å². The van der Waals surface area contributed by atoms with E-state index in [0.29, 0.717) is 28.8 Å². The van der Waals surface area contributed by atoms with Crippen molar-refractivity contribution in [3.05, 3.63) is 46.4 Å². The lowest BCUT2D eigenvalue weighted by Gasteiger charge is -2.17. The van der Waals surface area contributed by atoms with Gasteiger partial charge in [0.05, 0.1) is 23.9 Å². The molecule has 1 aromatic rings. The molecule has 9 heteroatoms. The molecule has 1 N–H and O–H groups in total. The van der Waals surface area contributed by atoms with E-state index in [1.54, 1.807) is 0 Å². The third-order valence-corrected chi connectivity index (χ3v) is 6.04. The average Bonchev–Trinajstić information content (AvgIpc) is 2.93. The van der Waals surface area contributed by atoms with Crippen molar-refractivity contribution < 1.29 is 4.79 Å². The molecule has 0 atom stereocenters. The first-order chi connectivity index (χ1) is 14.7. The van der Waals surface area contributed by atoms with Crippen molar-refractivity contribution in [2.24, 2.45) is 0 Å². The van der Waals surface area contributed by atoms with E-state index < -0.39 is 0 Å². The van der Waals surface area contributed by atoms with E-state index in [1.165, 1.54) is 16.4 Å². The lowest BCUT2D eigenvalue weighted by Crippen LogP contribution is -2.26. The number of hydrogen-bond donors (Lipinski definition) is 1. The van der Waals surface area contributed by atoms with E-state index in [9.17, 15) is 9.59 Å². The van der Waals surface area contributed by atoms with Gasteiger partial charge in [0.15, 0.2) is 11.0 Å². The van der Waals surface area contributed by atoms with Crippen LogP contribution in [0.15, 0.2) is 40.3 Å². The second kappa shape index (κ2) is 9.13. The van der Waals surface area contributed by atoms with Crippen LogP contribution in [0.4, 0.5) is 0 Å².